The normalized spacial score (nSPS) is 17.1. The van der Waals surface area contributed by atoms with Crippen molar-refractivity contribution in [3.05, 3.63) is 11.9 Å². The molecule has 0 radical (unpaired) electrons. The highest BCUT2D eigenvalue weighted by atomic mass is 32.2. The molecule has 1 aromatic rings. The molecular weight excluding hydrogens is 248 g/mol. The molecule has 4 nitrogen and oxygen atoms in total. The smallest absolute Gasteiger partial charge is 0.313 e. The predicted molar refractivity (Wildman–Crippen MR) is 71.8 cm³/mol. The number of hydrogen-bond donors (Lipinski definition) is 1. The van der Waals surface area contributed by atoms with Crippen molar-refractivity contribution in [2.45, 2.75) is 45.3 Å². The number of carbonyl (C=O) groups is 1. The number of imidazole rings is 1. The molecule has 0 spiro atoms. The van der Waals surface area contributed by atoms with E-state index in [1.54, 1.807) is 0 Å². The summed E-state index contributed by atoms with van der Waals surface area (Å²) in [5, 5.41) is 9.58. The van der Waals surface area contributed by atoms with Crippen molar-refractivity contribution in [1.29, 1.82) is 0 Å². The summed E-state index contributed by atoms with van der Waals surface area (Å²) < 4.78 is 2.13. The lowest BCUT2D eigenvalue weighted by molar-refractivity contribution is -0.133. The number of hydrogen-bond acceptors (Lipinski definition) is 3. The summed E-state index contributed by atoms with van der Waals surface area (Å²) in [6.45, 7) is 7.45. The van der Waals surface area contributed by atoms with Gasteiger partial charge in [-0.25, -0.2) is 4.98 Å². The molecular formula is C13H20N2O2S. The van der Waals surface area contributed by atoms with E-state index in [2.05, 4.69) is 23.4 Å². The summed E-state index contributed by atoms with van der Waals surface area (Å²) >= 11 is 1.31. The first-order valence-electron chi connectivity index (χ1n) is 6.31. The highest BCUT2D eigenvalue weighted by Crippen LogP contribution is 2.53. The zero-order chi connectivity index (χ0) is 13.3. The summed E-state index contributed by atoms with van der Waals surface area (Å²) in [6.07, 6.45) is 4.57. The zero-order valence-electron chi connectivity index (χ0n) is 11.1. The van der Waals surface area contributed by atoms with Crippen LogP contribution < -0.4 is 0 Å². The Morgan fingerprint density at radius 1 is 1.61 bits per heavy atom. The standard InChI is InChI=1S/C13H20N2O2S/c1-9(2)13(4-5-13)8-15-6-10(3)14-12(15)18-7-11(16)17/h6,9H,4-5,7-8H2,1-3H3,(H,16,17). The summed E-state index contributed by atoms with van der Waals surface area (Å²) in [7, 11) is 0. The van der Waals surface area contributed by atoms with Crippen molar-refractivity contribution in [2.75, 3.05) is 5.75 Å². The second-order valence-electron chi connectivity index (χ2n) is 5.49. The van der Waals surface area contributed by atoms with Gasteiger partial charge < -0.3 is 9.67 Å². The maximum atomic E-state index is 10.6. The van der Waals surface area contributed by atoms with Crippen LogP contribution in [0.2, 0.25) is 0 Å². The van der Waals surface area contributed by atoms with Gasteiger partial charge in [-0.3, -0.25) is 4.79 Å². The quantitative estimate of drug-likeness (QED) is 0.806. The van der Waals surface area contributed by atoms with Gasteiger partial charge in [-0.15, -0.1) is 0 Å². The van der Waals surface area contributed by atoms with E-state index in [1.165, 1.54) is 24.6 Å². The van der Waals surface area contributed by atoms with E-state index >= 15 is 0 Å². The number of nitrogens with zero attached hydrogens (tertiary/aromatic N) is 2. The molecule has 18 heavy (non-hydrogen) atoms. The van der Waals surface area contributed by atoms with Crippen LogP contribution in [0.4, 0.5) is 0 Å². The molecule has 1 aromatic heterocycles. The zero-order valence-corrected chi connectivity index (χ0v) is 12.0. The third-order valence-corrected chi connectivity index (χ3v) is 4.76. The second-order valence-corrected chi connectivity index (χ2v) is 6.43. The number of aromatic nitrogens is 2. The lowest BCUT2D eigenvalue weighted by atomic mass is 9.92. The highest BCUT2D eigenvalue weighted by molar-refractivity contribution is 7.99. The minimum atomic E-state index is -0.794. The first kappa shape index (κ1) is 13.5. The van der Waals surface area contributed by atoms with Gasteiger partial charge in [-0.05, 0) is 31.1 Å². The van der Waals surface area contributed by atoms with Crippen LogP contribution in [0.5, 0.6) is 0 Å². The number of carboxylic acids is 1. The highest BCUT2D eigenvalue weighted by Gasteiger charge is 2.45. The van der Waals surface area contributed by atoms with E-state index < -0.39 is 5.97 Å². The number of rotatable bonds is 6. The maximum Gasteiger partial charge on any atom is 0.313 e. The van der Waals surface area contributed by atoms with Gasteiger partial charge in [0, 0.05) is 12.7 Å². The molecule has 0 bridgehead atoms. The van der Waals surface area contributed by atoms with E-state index in [9.17, 15) is 4.79 Å². The van der Waals surface area contributed by atoms with Crippen LogP contribution in [-0.2, 0) is 11.3 Å². The Morgan fingerprint density at radius 3 is 2.78 bits per heavy atom. The first-order chi connectivity index (χ1) is 8.43. The summed E-state index contributed by atoms with van der Waals surface area (Å²) in [6, 6.07) is 0. The van der Waals surface area contributed by atoms with Crippen LogP contribution in [0.3, 0.4) is 0 Å². The number of thioether (sulfide) groups is 1. The third kappa shape index (κ3) is 2.88. The Balaban J connectivity index is 2.10. The molecule has 1 aliphatic rings. The van der Waals surface area contributed by atoms with E-state index in [1.807, 2.05) is 13.1 Å². The lowest BCUT2D eigenvalue weighted by Gasteiger charge is -2.21. The van der Waals surface area contributed by atoms with Crippen molar-refractivity contribution in [1.82, 2.24) is 9.55 Å². The van der Waals surface area contributed by atoms with E-state index in [-0.39, 0.29) is 5.75 Å². The molecule has 0 unspecified atom stereocenters. The maximum absolute atomic E-state index is 10.6. The largest absolute Gasteiger partial charge is 0.481 e. The molecule has 0 amide bonds. The Bertz CT molecular complexity index is 450. The average molecular weight is 268 g/mol. The lowest BCUT2D eigenvalue weighted by Crippen LogP contribution is -2.18. The van der Waals surface area contributed by atoms with Crippen molar-refractivity contribution < 1.29 is 9.90 Å². The molecule has 0 aliphatic heterocycles. The van der Waals surface area contributed by atoms with Crippen molar-refractivity contribution in [3.8, 4) is 0 Å². The minimum absolute atomic E-state index is 0.0745. The minimum Gasteiger partial charge on any atom is -0.481 e. The van der Waals surface area contributed by atoms with Crippen LogP contribution in [0, 0.1) is 18.3 Å². The van der Waals surface area contributed by atoms with Crippen LogP contribution in [0.1, 0.15) is 32.4 Å². The first-order valence-corrected chi connectivity index (χ1v) is 7.30. The molecule has 0 atom stereocenters. The number of aliphatic carboxylic acids is 1. The summed E-state index contributed by atoms with van der Waals surface area (Å²) in [4.78, 5) is 15.1. The molecule has 0 aromatic carbocycles. The fourth-order valence-corrected chi connectivity index (χ4v) is 3.04. The molecule has 5 heteroatoms. The topological polar surface area (TPSA) is 55.1 Å². The van der Waals surface area contributed by atoms with Gasteiger partial charge in [0.25, 0.3) is 0 Å². The van der Waals surface area contributed by atoms with E-state index in [0.29, 0.717) is 11.3 Å². The summed E-state index contributed by atoms with van der Waals surface area (Å²) in [5.74, 6) is -0.0553. The van der Waals surface area contributed by atoms with Gasteiger partial charge in [-0.1, -0.05) is 25.6 Å². The van der Waals surface area contributed by atoms with Crippen LogP contribution in [-0.4, -0.2) is 26.4 Å². The van der Waals surface area contributed by atoms with Gasteiger partial charge in [0.05, 0.1) is 11.4 Å². The second kappa shape index (κ2) is 4.96. The third-order valence-electron chi connectivity index (χ3n) is 3.79. The SMILES string of the molecule is Cc1cn(CC2(C(C)C)CC2)c(SCC(=O)O)n1. The fraction of sp³-hybridized carbons (Fsp3) is 0.692. The van der Waals surface area contributed by atoms with E-state index in [4.69, 9.17) is 5.11 Å². The Kier molecular flexibility index (Phi) is 3.71. The van der Waals surface area contributed by atoms with Gasteiger partial charge in [-0.2, -0.15) is 0 Å². The molecule has 1 fully saturated rings. The molecule has 1 heterocycles. The molecule has 1 N–H and O–H groups in total. The predicted octanol–water partition coefficient (Wildman–Crippen LogP) is 2.80. The Hall–Kier alpha value is -0.970. The van der Waals surface area contributed by atoms with Gasteiger partial charge in [0.1, 0.15) is 0 Å². The van der Waals surface area contributed by atoms with Crippen LogP contribution >= 0.6 is 11.8 Å². The molecule has 1 saturated carbocycles. The molecule has 1 aliphatic carbocycles. The number of aryl methyl sites for hydroxylation is 1. The van der Waals surface area contributed by atoms with Gasteiger partial charge in [0.15, 0.2) is 5.16 Å². The number of carboxylic acid groups (broad SMARTS) is 1. The van der Waals surface area contributed by atoms with Crippen LogP contribution in [0.15, 0.2) is 11.4 Å². The van der Waals surface area contributed by atoms with Gasteiger partial charge >= 0.3 is 5.97 Å². The molecule has 100 valence electrons. The fourth-order valence-electron chi connectivity index (χ4n) is 2.30. The van der Waals surface area contributed by atoms with E-state index in [0.717, 1.165) is 17.4 Å². The van der Waals surface area contributed by atoms with Crippen LogP contribution in [0.25, 0.3) is 0 Å². The average Bonchev–Trinajstić information content (AvgIpc) is 2.96. The van der Waals surface area contributed by atoms with Crippen molar-refractivity contribution in [3.63, 3.8) is 0 Å². The Morgan fingerprint density at radius 2 is 2.28 bits per heavy atom. The molecule has 2 rings (SSSR count). The van der Waals surface area contributed by atoms with Gasteiger partial charge in [0.2, 0.25) is 0 Å². The van der Waals surface area contributed by atoms with Crippen molar-refractivity contribution in [2.24, 2.45) is 11.3 Å². The Labute approximate surface area is 112 Å². The van der Waals surface area contributed by atoms with Crippen molar-refractivity contribution >= 4 is 17.7 Å². The summed E-state index contributed by atoms with van der Waals surface area (Å²) in [5.41, 5.74) is 1.37. The molecule has 0 saturated heterocycles. The monoisotopic (exact) mass is 268 g/mol.